The van der Waals surface area contributed by atoms with Gasteiger partial charge in [0.1, 0.15) is 12.6 Å². The highest BCUT2D eigenvalue weighted by atomic mass is 16.5. The van der Waals surface area contributed by atoms with Gasteiger partial charge in [0.05, 0.1) is 5.60 Å². The molecule has 0 radical (unpaired) electrons. The van der Waals surface area contributed by atoms with Crippen LogP contribution in [0.4, 0.5) is 0 Å². The summed E-state index contributed by atoms with van der Waals surface area (Å²) < 4.78 is 5.37. The summed E-state index contributed by atoms with van der Waals surface area (Å²) in [6, 6.07) is -1.05. The molecule has 1 unspecified atom stereocenters. The lowest BCUT2D eigenvalue weighted by Crippen LogP contribution is -2.60. The van der Waals surface area contributed by atoms with Crippen molar-refractivity contribution in [1.29, 1.82) is 0 Å². The Balaban J connectivity index is 2.32. The summed E-state index contributed by atoms with van der Waals surface area (Å²) in [4.78, 5) is 22.2. The molecule has 1 heterocycles. The van der Waals surface area contributed by atoms with Gasteiger partial charge >= 0.3 is 5.97 Å². The second kappa shape index (κ2) is 5.66. The van der Waals surface area contributed by atoms with E-state index in [2.05, 4.69) is 16.6 Å². The number of ether oxygens (including phenoxy) is 1. The third-order valence-electron chi connectivity index (χ3n) is 2.50. The molecule has 94 valence electrons. The first kappa shape index (κ1) is 13.5. The summed E-state index contributed by atoms with van der Waals surface area (Å²) in [6.45, 7) is 3.10. The van der Waals surface area contributed by atoms with Gasteiger partial charge in [0.15, 0.2) is 0 Å². The highest BCUT2D eigenvalue weighted by Gasteiger charge is 2.33. The van der Waals surface area contributed by atoms with Crippen molar-refractivity contribution in [2.24, 2.45) is 0 Å². The molecule has 0 aromatic rings. The molecule has 6 heteroatoms. The number of carbonyl (C=O) groups excluding carboxylic acids is 1. The van der Waals surface area contributed by atoms with Gasteiger partial charge in [0, 0.05) is 19.5 Å². The fourth-order valence-corrected chi connectivity index (χ4v) is 1.37. The van der Waals surface area contributed by atoms with Gasteiger partial charge in [-0.2, -0.15) is 0 Å². The Hall–Kier alpha value is -1.58. The molecular weight excluding hydrogens is 224 g/mol. The van der Waals surface area contributed by atoms with Gasteiger partial charge in [-0.3, -0.25) is 4.79 Å². The molecule has 0 bridgehead atoms. The first-order chi connectivity index (χ1) is 7.97. The number of amides is 1. The predicted molar refractivity (Wildman–Crippen MR) is 60.2 cm³/mol. The second-order valence-electron chi connectivity index (χ2n) is 4.21. The van der Waals surface area contributed by atoms with Crippen LogP contribution in [-0.2, 0) is 14.3 Å². The Morgan fingerprint density at radius 2 is 2.29 bits per heavy atom. The van der Waals surface area contributed by atoms with Gasteiger partial charge in [-0.25, -0.2) is 4.79 Å². The Labute approximate surface area is 99.7 Å². The van der Waals surface area contributed by atoms with E-state index in [0.29, 0.717) is 13.1 Å². The van der Waals surface area contributed by atoms with E-state index in [9.17, 15) is 9.59 Å². The van der Waals surface area contributed by atoms with Gasteiger partial charge in [0.2, 0.25) is 5.91 Å². The van der Waals surface area contributed by atoms with Crippen LogP contribution in [0.2, 0.25) is 0 Å². The first-order valence-corrected chi connectivity index (χ1v) is 5.27. The van der Waals surface area contributed by atoms with Gasteiger partial charge in [0.25, 0.3) is 0 Å². The molecule has 1 atom stereocenters. The molecule has 0 spiro atoms. The van der Waals surface area contributed by atoms with Gasteiger partial charge in [-0.05, 0) is 6.92 Å². The molecule has 3 N–H and O–H groups in total. The van der Waals surface area contributed by atoms with E-state index in [0.717, 1.165) is 0 Å². The molecule has 0 saturated carbocycles. The largest absolute Gasteiger partial charge is 0.480 e. The lowest BCUT2D eigenvalue weighted by Gasteiger charge is -2.38. The zero-order valence-electron chi connectivity index (χ0n) is 9.66. The van der Waals surface area contributed by atoms with Crippen molar-refractivity contribution in [3.63, 3.8) is 0 Å². The quantitative estimate of drug-likeness (QED) is 0.516. The summed E-state index contributed by atoms with van der Waals surface area (Å²) in [5, 5.41) is 14.1. The number of rotatable bonds is 6. The molecule has 1 saturated heterocycles. The third kappa shape index (κ3) is 4.06. The molecule has 1 fully saturated rings. The number of carboxylic acids is 1. The number of carbonyl (C=O) groups is 2. The van der Waals surface area contributed by atoms with Crippen molar-refractivity contribution in [2.75, 3.05) is 19.7 Å². The van der Waals surface area contributed by atoms with Gasteiger partial charge < -0.3 is 20.5 Å². The van der Waals surface area contributed by atoms with Crippen molar-refractivity contribution >= 4 is 11.9 Å². The standard InChI is InChI=1S/C11H16N2O4/c1-3-4-8(10(15)16)13-9(14)5-17-11(2)6-12-7-11/h1,8,12H,4-7H2,2H3,(H,13,14)(H,15,16). The van der Waals surface area contributed by atoms with E-state index in [1.54, 1.807) is 0 Å². The van der Waals surface area contributed by atoms with Crippen LogP contribution < -0.4 is 10.6 Å². The maximum atomic E-state index is 11.4. The minimum absolute atomic E-state index is 0.0418. The van der Waals surface area contributed by atoms with Crippen LogP contribution >= 0.6 is 0 Å². The van der Waals surface area contributed by atoms with E-state index in [1.165, 1.54) is 0 Å². The molecule has 1 aliphatic heterocycles. The van der Waals surface area contributed by atoms with E-state index in [4.69, 9.17) is 16.3 Å². The lowest BCUT2D eigenvalue weighted by molar-refractivity contribution is -0.145. The van der Waals surface area contributed by atoms with Crippen LogP contribution in [-0.4, -0.2) is 48.3 Å². The molecule has 6 nitrogen and oxygen atoms in total. The second-order valence-corrected chi connectivity index (χ2v) is 4.21. The van der Waals surface area contributed by atoms with Crippen molar-refractivity contribution in [3.8, 4) is 12.3 Å². The minimum atomic E-state index is -1.15. The summed E-state index contributed by atoms with van der Waals surface area (Å²) in [5.74, 6) is 0.586. The summed E-state index contributed by atoms with van der Waals surface area (Å²) in [5.41, 5.74) is -0.331. The van der Waals surface area contributed by atoms with E-state index >= 15 is 0 Å². The third-order valence-corrected chi connectivity index (χ3v) is 2.50. The zero-order chi connectivity index (χ0) is 12.9. The van der Waals surface area contributed by atoms with E-state index < -0.39 is 17.9 Å². The Kier molecular flexibility index (Phi) is 4.49. The van der Waals surface area contributed by atoms with Gasteiger partial charge in [-0.1, -0.05) is 0 Å². The predicted octanol–water partition coefficient (Wildman–Crippen LogP) is -1.04. The fraction of sp³-hybridized carbons (Fsp3) is 0.636. The van der Waals surface area contributed by atoms with Crippen LogP contribution in [0.3, 0.4) is 0 Å². The summed E-state index contributed by atoms with van der Waals surface area (Å²) in [7, 11) is 0. The molecule has 1 aliphatic rings. The Morgan fingerprint density at radius 1 is 1.65 bits per heavy atom. The summed E-state index contributed by atoms with van der Waals surface area (Å²) >= 11 is 0. The zero-order valence-corrected chi connectivity index (χ0v) is 9.66. The molecule has 1 amide bonds. The van der Waals surface area contributed by atoms with Crippen LogP contribution in [0.1, 0.15) is 13.3 Å². The van der Waals surface area contributed by atoms with Crippen molar-refractivity contribution < 1.29 is 19.4 Å². The van der Waals surface area contributed by atoms with Crippen LogP contribution in [0, 0.1) is 12.3 Å². The smallest absolute Gasteiger partial charge is 0.327 e. The Morgan fingerprint density at radius 3 is 2.71 bits per heavy atom. The van der Waals surface area contributed by atoms with Gasteiger partial charge in [-0.15, -0.1) is 12.3 Å². The topological polar surface area (TPSA) is 87.7 Å². The molecule has 0 aromatic carbocycles. The molecule has 1 rings (SSSR count). The van der Waals surface area contributed by atoms with E-state index in [1.807, 2.05) is 6.92 Å². The highest BCUT2D eigenvalue weighted by Crippen LogP contribution is 2.14. The molecule has 17 heavy (non-hydrogen) atoms. The van der Waals surface area contributed by atoms with Crippen LogP contribution in [0.25, 0.3) is 0 Å². The summed E-state index contributed by atoms with van der Waals surface area (Å²) in [6.07, 6.45) is 4.97. The van der Waals surface area contributed by atoms with Crippen molar-refractivity contribution in [3.05, 3.63) is 0 Å². The maximum Gasteiger partial charge on any atom is 0.327 e. The van der Waals surface area contributed by atoms with E-state index in [-0.39, 0.29) is 18.6 Å². The SMILES string of the molecule is C#CCC(NC(=O)COC1(C)CNC1)C(=O)O. The number of hydrogen-bond donors (Lipinski definition) is 3. The fourth-order valence-electron chi connectivity index (χ4n) is 1.37. The number of aliphatic carboxylic acids is 1. The number of hydrogen-bond acceptors (Lipinski definition) is 4. The van der Waals surface area contributed by atoms with Crippen molar-refractivity contribution in [1.82, 2.24) is 10.6 Å². The number of nitrogens with one attached hydrogen (secondary N) is 2. The first-order valence-electron chi connectivity index (χ1n) is 5.27. The minimum Gasteiger partial charge on any atom is -0.480 e. The van der Waals surface area contributed by atoms with Crippen LogP contribution in [0.5, 0.6) is 0 Å². The lowest BCUT2D eigenvalue weighted by atomic mass is 10.0. The number of terminal acetylenes is 1. The monoisotopic (exact) mass is 240 g/mol. The Bertz CT molecular complexity index is 344. The molecule has 0 aromatic heterocycles. The maximum absolute atomic E-state index is 11.4. The highest BCUT2D eigenvalue weighted by molar-refractivity contribution is 5.84. The van der Waals surface area contributed by atoms with Crippen molar-refractivity contribution in [2.45, 2.75) is 25.0 Å². The number of carboxylic acid groups (broad SMARTS) is 1. The van der Waals surface area contributed by atoms with Crippen LogP contribution in [0.15, 0.2) is 0 Å². The average Bonchev–Trinajstić information content (AvgIpc) is 2.23. The molecule has 0 aliphatic carbocycles. The average molecular weight is 240 g/mol. The molecular formula is C11H16N2O4. The normalized spacial score (nSPS) is 18.6.